The van der Waals surface area contributed by atoms with Gasteiger partial charge in [0.1, 0.15) is 5.69 Å². The third-order valence-electron chi connectivity index (χ3n) is 5.16. The second-order valence-electron chi connectivity index (χ2n) is 7.02. The van der Waals surface area contributed by atoms with E-state index in [9.17, 15) is 4.79 Å². The van der Waals surface area contributed by atoms with Crippen LogP contribution in [-0.2, 0) is 6.54 Å². The molecular weight excluding hydrogens is 286 g/mol. The van der Waals surface area contributed by atoms with Crippen molar-refractivity contribution in [3.8, 4) is 0 Å². The summed E-state index contributed by atoms with van der Waals surface area (Å²) in [5.74, 6) is 0.608. The van der Waals surface area contributed by atoms with Gasteiger partial charge in [0.25, 0.3) is 5.56 Å². The lowest BCUT2D eigenvalue weighted by molar-refractivity contribution is 0.262. The Bertz CT molecular complexity index is 559. The summed E-state index contributed by atoms with van der Waals surface area (Å²) in [5, 5.41) is 7.93. The fraction of sp³-hybridized carbons (Fsp3) is 0.750. The normalized spacial score (nSPS) is 21.2. The van der Waals surface area contributed by atoms with E-state index in [-0.39, 0.29) is 11.0 Å². The standard InChI is InChI=1S/C16H24ClN3O/c1-16(7-2-3-8-16)11-18-14-13(17)9-19-20(15(14)21)10-12-5-4-6-12/h9,12,18H,2-8,10-11H2,1H3. The number of rotatable bonds is 5. The third-order valence-corrected chi connectivity index (χ3v) is 5.44. The maximum Gasteiger partial charge on any atom is 0.291 e. The molecule has 0 aliphatic heterocycles. The Morgan fingerprint density at radius 2 is 2.10 bits per heavy atom. The summed E-state index contributed by atoms with van der Waals surface area (Å²) in [6.45, 7) is 3.83. The van der Waals surface area contributed by atoms with Crippen LogP contribution in [0.25, 0.3) is 0 Å². The zero-order chi connectivity index (χ0) is 14.9. The van der Waals surface area contributed by atoms with Crippen molar-refractivity contribution in [2.45, 2.75) is 58.4 Å². The van der Waals surface area contributed by atoms with E-state index in [1.165, 1.54) is 44.9 Å². The molecule has 2 aliphatic carbocycles. The first-order valence-corrected chi connectivity index (χ1v) is 8.45. The van der Waals surface area contributed by atoms with Gasteiger partial charge in [-0.1, -0.05) is 37.8 Å². The van der Waals surface area contributed by atoms with Crippen LogP contribution in [0, 0.1) is 11.3 Å². The number of hydrogen-bond acceptors (Lipinski definition) is 3. The van der Waals surface area contributed by atoms with Gasteiger partial charge in [0.2, 0.25) is 0 Å². The zero-order valence-corrected chi connectivity index (χ0v) is 13.5. The summed E-state index contributed by atoms with van der Waals surface area (Å²) >= 11 is 6.18. The Morgan fingerprint density at radius 3 is 2.71 bits per heavy atom. The van der Waals surface area contributed by atoms with Crippen molar-refractivity contribution in [2.24, 2.45) is 11.3 Å². The van der Waals surface area contributed by atoms with Crippen LogP contribution >= 0.6 is 11.6 Å². The molecule has 2 aliphatic rings. The van der Waals surface area contributed by atoms with Gasteiger partial charge in [-0.3, -0.25) is 4.79 Å². The van der Waals surface area contributed by atoms with Gasteiger partial charge in [-0.2, -0.15) is 5.10 Å². The molecule has 2 fully saturated rings. The average Bonchev–Trinajstić information content (AvgIpc) is 2.83. The first-order chi connectivity index (χ1) is 10.1. The lowest BCUT2D eigenvalue weighted by Gasteiger charge is -2.26. The van der Waals surface area contributed by atoms with Gasteiger partial charge in [0, 0.05) is 13.1 Å². The maximum atomic E-state index is 12.5. The highest BCUT2D eigenvalue weighted by atomic mass is 35.5. The van der Waals surface area contributed by atoms with Crippen LogP contribution in [0.15, 0.2) is 11.0 Å². The summed E-state index contributed by atoms with van der Waals surface area (Å²) in [7, 11) is 0. The fourth-order valence-corrected chi connectivity index (χ4v) is 3.58. The smallest absolute Gasteiger partial charge is 0.291 e. The van der Waals surface area contributed by atoms with Crippen molar-refractivity contribution in [2.75, 3.05) is 11.9 Å². The molecule has 5 heteroatoms. The number of nitrogens with zero attached hydrogens (tertiary/aromatic N) is 2. The molecule has 0 amide bonds. The van der Waals surface area contributed by atoms with Gasteiger partial charge < -0.3 is 5.32 Å². The highest BCUT2D eigenvalue weighted by Gasteiger charge is 2.29. The van der Waals surface area contributed by atoms with Crippen molar-refractivity contribution in [3.05, 3.63) is 21.6 Å². The predicted octanol–water partition coefficient (Wildman–Crippen LogP) is 3.69. The Kier molecular flexibility index (Phi) is 4.25. The molecular formula is C16H24ClN3O. The van der Waals surface area contributed by atoms with Crippen LogP contribution in [0.4, 0.5) is 5.69 Å². The largest absolute Gasteiger partial charge is 0.379 e. The fourth-order valence-electron chi connectivity index (χ4n) is 3.39. The molecule has 0 atom stereocenters. The molecule has 21 heavy (non-hydrogen) atoms. The summed E-state index contributed by atoms with van der Waals surface area (Å²) in [6, 6.07) is 0. The minimum Gasteiger partial charge on any atom is -0.379 e. The molecule has 2 saturated carbocycles. The van der Waals surface area contributed by atoms with E-state index in [0.717, 1.165) is 13.1 Å². The summed E-state index contributed by atoms with van der Waals surface area (Å²) < 4.78 is 1.58. The van der Waals surface area contributed by atoms with E-state index in [1.807, 2.05) is 0 Å². The van der Waals surface area contributed by atoms with Crippen LogP contribution in [-0.4, -0.2) is 16.3 Å². The van der Waals surface area contributed by atoms with Gasteiger partial charge in [-0.05, 0) is 37.0 Å². The van der Waals surface area contributed by atoms with E-state index in [1.54, 1.807) is 10.9 Å². The number of hydrogen-bond donors (Lipinski definition) is 1. The van der Waals surface area contributed by atoms with Gasteiger partial charge in [-0.25, -0.2) is 4.68 Å². The molecule has 3 rings (SSSR count). The topological polar surface area (TPSA) is 46.9 Å². The maximum absolute atomic E-state index is 12.5. The number of anilines is 1. The number of nitrogens with one attached hydrogen (secondary N) is 1. The summed E-state index contributed by atoms with van der Waals surface area (Å²) in [6.07, 6.45) is 10.3. The van der Waals surface area contributed by atoms with E-state index in [0.29, 0.717) is 16.6 Å². The molecule has 1 aromatic heterocycles. The Balaban J connectivity index is 1.73. The van der Waals surface area contributed by atoms with Crippen LogP contribution in [0.2, 0.25) is 5.02 Å². The molecule has 0 spiro atoms. The second kappa shape index (κ2) is 5.99. The van der Waals surface area contributed by atoms with Gasteiger partial charge >= 0.3 is 0 Å². The Morgan fingerprint density at radius 1 is 1.38 bits per heavy atom. The molecule has 1 heterocycles. The number of aromatic nitrogens is 2. The first-order valence-electron chi connectivity index (χ1n) is 8.07. The van der Waals surface area contributed by atoms with Crippen molar-refractivity contribution in [3.63, 3.8) is 0 Å². The van der Waals surface area contributed by atoms with Crippen molar-refractivity contribution in [1.82, 2.24) is 9.78 Å². The van der Waals surface area contributed by atoms with Crippen molar-refractivity contribution < 1.29 is 0 Å². The lowest BCUT2D eigenvalue weighted by atomic mass is 9.85. The first kappa shape index (κ1) is 14.9. The zero-order valence-electron chi connectivity index (χ0n) is 12.7. The highest BCUT2D eigenvalue weighted by Crippen LogP contribution is 2.37. The SMILES string of the molecule is CC1(CNc2c(Cl)cnn(CC3CCC3)c2=O)CCCC1. The van der Waals surface area contributed by atoms with Gasteiger partial charge in [-0.15, -0.1) is 0 Å². The molecule has 4 nitrogen and oxygen atoms in total. The molecule has 0 radical (unpaired) electrons. The third kappa shape index (κ3) is 3.25. The van der Waals surface area contributed by atoms with E-state index >= 15 is 0 Å². The average molecular weight is 310 g/mol. The lowest BCUT2D eigenvalue weighted by Crippen LogP contribution is -2.32. The van der Waals surface area contributed by atoms with Crippen molar-refractivity contribution >= 4 is 17.3 Å². The van der Waals surface area contributed by atoms with Gasteiger partial charge in [0.05, 0.1) is 11.2 Å². The van der Waals surface area contributed by atoms with Gasteiger partial charge in [0.15, 0.2) is 0 Å². The van der Waals surface area contributed by atoms with E-state index < -0.39 is 0 Å². The van der Waals surface area contributed by atoms with Crippen LogP contribution in [0.1, 0.15) is 51.9 Å². The molecule has 0 aromatic carbocycles. The van der Waals surface area contributed by atoms with E-state index in [4.69, 9.17) is 11.6 Å². The molecule has 0 bridgehead atoms. The molecule has 0 saturated heterocycles. The molecule has 116 valence electrons. The van der Waals surface area contributed by atoms with Crippen LogP contribution in [0.3, 0.4) is 0 Å². The molecule has 1 N–H and O–H groups in total. The minimum absolute atomic E-state index is 0.0732. The highest BCUT2D eigenvalue weighted by molar-refractivity contribution is 6.32. The summed E-state index contributed by atoms with van der Waals surface area (Å²) in [4.78, 5) is 12.5. The second-order valence-corrected chi connectivity index (χ2v) is 7.43. The Labute approximate surface area is 130 Å². The van der Waals surface area contributed by atoms with E-state index in [2.05, 4.69) is 17.3 Å². The summed E-state index contributed by atoms with van der Waals surface area (Å²) in [5.41, 5.74) is 0.743. The quantitative estimate of drug-likeness (QED) is 0.902. The molecule has 1 aromatic rings. The van der Waals surface area contributed by atoms with Crippen LogP contribution in [0.5, 0.6) is 0 Å². The molecule has 0 unspecified atom stereocenters. The minimum atomic E-state index is -0.0732. The monoisotopic (exact) mass is 309 g/mol. The predicted molar refractivity (Wildman–Crippen MR) is 85.9 cm³/mol. The van der Waals surface area contributed by atoms with Crippen molar-refractivity contribution in [1.29, 1.82) is 0 Å². The van der Waals surface area contributed by atoms with Crippen LogP contribution < -0.4 is 10.9 Å². The Hall–Kier alpha value is -1.03. The number of halogens is 1.